The number of ether oxygens (including phenoxy) is 1. The summed E-state index contributed by atoms with van der Waals surface area (Å²) < 4.78 is 5.29. The minimum atomic E-state index is -0.306. The lowest BCUT2D eigenvalue weighted by Gasteiger charge is -2.31. The van der Waals surface area contributed by atoms with Crippen molar-refractivity contribution in [2.75, 3.05) is 45.9 Å². The fourth-order valence-corrected chi connectivity index (χ4v) is 3.39. The largest absolute Gasteiger partial charge is 0.378 e. The molecule has 2 amide bonds. The van der Waals surface area contributed by atoms with Gasteiger partial charge in [0.15, 0.2) is 0 Å². The average Bonchev–Trinajstić information content (AvgIpc) is 2.62. The highest BCUT2D eigenvalue weighted by atomic mass is 16.5. The second-order valence-electron chi connectivity index (χ2n) is 6.39. The number of rotatable bonds is 4. The topological polar surface area (TPSA) is 88.8 Å². The molecule has 2 saturated heterocycles. The van der Waals surface area contributed by atoms with Crippen molar-refractivity contribution in [3.8, 4) is 0 Å². The van der Waals surface area contributed by atoms with E-state index in [0.717, 1.165) is 31.6 Å². The number of aromatic nitrogens is 1. The number of morpholine rings is 1. The van der Waals surface area contributed by atoms with Crippen LogP contribution in [0.15, 0.2) is 18.2 Å². The van der Waals surface area contributed by atoms with Crippen LogP contribution in [0.5, 0.6) is 0 Å². The Morgan fingerprint density at radius 2 is 2.04 bits per heavy atom. The van der Waals surface area contributed by atoms with E-state index >= 15 is 0 Å². The zero-order valence-corrected chi connectivity index (χ0v) is 13.8. The van der Waals surface area contributed by atoms with Crippen LogP contribution in [0.25, 0.3) is 0 Å². The standard InChI is InChI=1S/C17H24N4O3/c18-16(22)12-20-6-2-3-13(11-20)14-4-1-5-15(19-14)17(23)21-7-9-24-10-8-21/h1,4-5,13H,2-3,6-12H2,(H2,18,22). The Kier molecular flexibility index (Phi) is 5.42. The van der Waals surface area contributed by atoms with Crippen molar-refractivity contribution in [2.45, 2.75) is 18.8 Å². The summed E-state index contributed by atoms with van der Waals surface area (Å²) in [5.74, 6) is -0.111. The maximum absolute atomic E-state index is 12.6. The third-order valence-corrected chi connectivity index (χ3v) is 4.59. The molecule has 0 spiro atoms. The van der Waals surface area contributed by atoms with Crippen molar-refractivity contribution in [1.82, 2.24) is 14.8 Å². The number of carbonyl (C=O) groups is 2. The van der Waals surface area contributed by atoms with Crippen LogP contribution in [-0.2, 0) is 9.53 Å². The molecular weight excluding hydrogens is 308 g/mol. The molecule has 1 unspecified atom stereocenters. The minimum absolute atomic E-state index is 0.0371. The van der Waals surface area contributed by atoms with E-state index in [9.17, 15) is 9.59 Å². The quantitative estimate of drug-likeness (QED) is 0.852. The SMILES string of the molecule is NC(=O)CN1CCCC(c2cccc(C(=O)N3CCOCC3)n2)C1. The lowest BCUT2D eigenvalue weighted by Crippen LogP contribution is -2.41. The molecule has 0 aliphatic carbocycles. The van der Waals surface area contributed by atoms with Gasteiger partial charge in [-0.2, -0.15) is 0 Å². The predicted molar refractivity (Wildman–Crippen MR) is 88.6 cm³/mol. The van der Waals surface area contributed by atoms with Gasteiger partial charge in [-0.3, -0.25) is 14.5 Å². The number of pyridine rings is 1. The molecule has 0 bridgehead atoms. The number of hydrogen-bond donors (Lipinski definition) is 1. The highest BCUT2D eigenvalue weighted by molar-refractivity contribution is 5.92. The van der Waals surface area contributed by atoms with E-state index in [4.69, 9.17) is 10.5 Å². The summed E-state index contributed by atoms with van der Waals surface area (Å²) in [5.41, 5.74) is 6.70. The monoisotopic (exact) mass is 332 g/mol. The summed E-state index contributed by atoms with van der Waals surface area (Å²) >= 11 is 0. The van der Waals surface area contributed by atoms with Gasteiger partial charge >= 0.3 is 0 Å². The normalized spacial score (nSPS) is 22.3. The van der Waals surface area contributed by atoms with Crippen LogP contribution < -0.4 is 5.73 Å². The van der Waals surface area contributed by atoms with Crippen molar-refractivity contribution in [1.29, 1.82) is 0 Å². The molecule has 0 aromatic carbocycles. The van der Waals surface area contributed by atoms with Crippen LogP contribution in [0.2, 0.25) is 0 Å². The van der Waals surface area contributed by atoms with Crippen molar-refractivity contribution in [2.24, 2.45) is 5.73 Å². The first-order valence-corrected chi connectivity index (χ1v) is 8.48. The molecule has 1 atom stereocenters. The summed E-state index contributed by atoms with van der Waals surface area (Å²) in [6, 6.07) is 5.63. The van der Waals surface area contributed by atoms with Gasteiger partial charge in [0.25, 0.3) is 5.91 Å². The molecule has 1 aromatic heterocycles. The second-order valence-corrected chi connectivity index (χ2v) is 6.39. The molecular formula is C17H24N4O3. The number of hydrogen-bond acceptors (Lipinski definition) is 5. The van der Waals surface area contributed by atoms with Crippen molar-refractivity contribution in [3.63, 3.8) is 0 Å². The number of amides is 2. The third kappa shape index (κ3) is 4.10. The first kappa shape index (κ1) is 16.9. The molecule has 7 heteroatoms. The lowest BCUT2D eigenvalue weighted by atomic mass is 9.94. The Morgan fingerprint density at radius 3 is 2.79 bits per heavy atom. The zero-order chi connectivity index (χ0) is 16.9. The fourth-order valence-electron chi connectivity index (χ4n) is 3.39. The maximum atomic E-state index is 12.6. The lowest BCUT2D eigenvalue weighted by molar-refractivity contribution is -0.119. The molecule has 3 rings (SSSR count). The fraction of sp³-hybridized carbons (Fsp3) is 0.588. The van der Waals surface area contributed by atoms with Crippen LogP contribution in [0.3, 0.4) is 0 Å². The van der Waals surface area contributed by atoms with E-state index in [2.05, 4.69) is 9.88 Å². The third-order valence-electron chi connectivity index (χ3n) is 4.59. The van der Waals surface area contributed by atoms with Gasteiger partial charge in [0.1, 0.15) is 5.69 Å². The summed E-state index contributed by atoms with van der Waals surface area (Å²) in [7, 11) is 0. The Morgan fingerprint density at radius 1 is 1.25 bits per heavy atom. The molecule has 24 heavy (non-hydrogen) atoms. The Balaban J connectivity index is 1.70. The van der Waals surface area contributed by atoms with Gasteiger partial charge in [-0.25, -0.2) is 4.98 Å². The van der Waals surface area contributed by atoms with Gasteiger partial charge in [-0.05, 0) is 31.5 Å². The summed E-state index contributed by atoms with van der Waals surface area (Å²) in [5, 5.41) is 0. The number of primary amides is 1. The molecule has 3 heterocycles. The molecule has 2 fully saturated rings. The molecule has 2 aliphatic heterocycles. The van der Waals surface area contributed by atoms with Crippen molar-refractivity contribution < 1.29 is 14.3 Å². The predicted octanol–water partition coefficient (Wildman–Crippen LogP) is 0.219. The van der Waals surface area contributed by atoms with Gasteiger partial charge in [0, 0.05) is 31.2 Å². The summed E-state index contributed by atoms with van der Waals surface area (Å²) in [6.45, 7) is 4.30. The number of likely N-dealkylation sites (tertiary alicyclic amines) is 1. The van der Waals surface area contributed by atoms with Crippen LogP contribution in [-0.4, -0.2) is 72.5 Å². The van der Waals surface area contributed by atoms with E-state index in [1.807, 2.05) is 12.1 Å². The molecule has 0 radical (unpaired) electrons. The summed E-state index contributed by atoms with van der Waals surface area (Å²) in [6.07, 6.45) is 2.01. The van der Waals surface area contributed by atoms with Crippen molar-refractivity contribution >= 4 is 11.8 Å². The van der Waals surface area contributed by atoms with Gasteiger partial charge < -0.3 is 15.4 Å². The summed E-state index contributed by atoms with van der Waals surface area (Å²) in [4.78, 5) is 32.2. The van der Waals surface area contributed by atoms with Crippen LogP contribution >= 0.6 is 0 Å². The molecule has 2 N–H and O–H groups in total. The van der Waals surface area contributed by atoms with E-state index in [1.165, 1.54) is 0 Å². The first-order valence-electron chi connectivity index (χ1n) is 8.48. The highest BCUT2D eigenvalue weighted by Gasteiger charge is 2.25. The van der Waals surface area contributed by atoms with E-state index in [0.29, 0.717) is 32.0 Å². The van der Waals surface area contributed by atoms with Gasteiger partial charge in [0.2, 0.25) is 5.91 Å². The van der Waals surface area contributed by atoms with Gasteiger partial charge in [-0.15, -0.1) is 0 Å². The molecule has 7 nitrogen and oxygen atoms in total. The Labute approximate surface area is 141 Å². The minimum Gasteiger partial charge on any atom is -0.378 e. The van der Waals surface area contributed by atoms with E-state index < -0.39 is 0 Å². The smallest absolute Gasteiger partial charge is 0.272 e. The number of nitrogens with two attached hydrogens (primary N) is 1. The second kappa shape index (κ2) is 7.72. The zero-order valence-electron chi connectivity index (χ0n) is 13.8. The van der Waals surface area contributed by atoms with Gasteiger partial charge in [0.05, 0.1) is 19.8 Å². The molecule has 2 aliphatic rings. The first-order chi connectivity index (χ1) is 11.6. The molecule has 130 valence electrons. The molecule has 0 saturated carbocycles. The van der Waals surface area contributed by atoms with Crippen molar-refractivity contribution in [3.05, 3.63) is 29.6 Å². The van der Waals surface area contributed by atoms with Crippen LogP contribution in [0.1, 0.15) is 34.9 Å². The maximum Gasteiger partial charge on any atom is 0.272 e. The van der Waals surface area contributed by atoms with Crippen LogP contribution in [0, 0.1) is 0 Å². The average molecular weight is 332 g/mol. The number of nitrogens with zero attached hydrogens (tertiary/aromatic N) is 3. The molecule has 1 aromatic rings. The van der Waals surface area contributed by atoms with Gasteiger partial charge in [-0.1, -0.05) is 6.07 Å². The Hall–Kier alpha value is -1.99. The number of carbonyl (C=O) groups excluding carboxylic acids is 2. The Bertz CT molecular complexity index is 601. The highest BCUT2D eigenvalue weighted by Crippen LogP contribution is 2.25. The number of piperidine rings is 1. The van der Waals surface area contributed by atoms with E-state index in [1.54, 1.807) is 11.0 Å². The van der Waals surface area contributed by atoms with E-state index in [-0.39, 0.29) is 24.3 Å². The van der Waals surface area contributed by atoms with Crippen LogP contribution in [0.4, 0.5) is 0 Å².